The molecular formula is C21H22N4O6S2. The van der Waals surface area contributed by atoms with Crippen LogP contribution in [0.5, 0.6) is 0 Å². The van der Waals surface area contributed by atoms with Gasteiger partial charge in [-0.05, 0) is 49.6 Å². The van der Waals surface area contributed by atoms with Crippen LogP contribution >= 0.6 is 0 Å². The van der Waals surface area contributed by atoms with E-state index in [0.717, 1.165) is 0 Å². The number of benzene rings is 2. The fraction of sp³-hybridized carbons (Fsp3) is 0.238. The monoisotopic (exact) mass is 490 g/mol. The van der Waals surface area contributed by atoms with Crippen molar-refractivity contribution in [3.05, 3.63) is 72.1 Å². The normalized spacial score (nSPS) is 16.2. The number of nitrogens with zero attached hydrogens (tertiary/aromatic N) is 2. The quantitative estimate of drug-likeness (QED) is 0.438. The van der Waals surface area contributed by atoms with Crippen molar-refractivity contribution in [3.63, 3.8) is 0 Å². The molecule has 33 heavy (non-hydrogen) atoms. The van der Waals surface area contributed by atoms with Crippen LogP contribution in [-0.4, -0.2) is 37.7 Å². The van der Waals surface area contributed by atoms with Crippen molar-refractivity contribution >= 4 is 31.7 Å². The number of sulfonamides is 2. The van der Waals surface area contributed by atoms with Gasteiger partial charge in [0, 0.05) is 11.3 Å². The highest BCUT2D eigenvalue weighted by atomic mass is 32.2. The molecule has 3 aromatic rings. The van der Waals surface area contributed by atoms with Crippen LogP contribution in [0.3, 0.4) is 0 Å². The van der Waals surface area contributed by atoms with E-state index in [1.165, 1.54) is 47.3 Å². The molecule has 174 valence electrons. The van der Waals surface area contributed by atoms with Crippen molar-refractivity contribution in [1.29, 1.82) is 0 Å². The molecule has 10 nitrogen and oxygen atoms in total. The van der Waals surface area contributed by atoms with E-state index >= 15 is 0 Å². The number of carboxylic acid groups (broad SMARTS) is 1. The van der Waals surface area contributed by atoms with Crippen molar-refractivity contribution in [3.8, 4) is 0 Å². The fourth-order valence-corrected chi connectivity index (χ4v) is 6.17. The zero-order valence-corrected chi connectivity index (χ0v) is 19.0. The van der Waals surface area contributed by atoms with Crippen LogP contribution < -0.4 is 9.44 Å². The van der Waals surface area contributed by atoms with Gasteiger partial charge in [0.2, 0.25) is 10.0 Å². The van der Waals surface area contributed by atoms with Crippen molar-refractivity contribution < 1.29 is 26.7 Å². The third kappa shape index (κ3) is 5.07. The summed E-state index contributed by atoms with van der Waals surface area (Å²) in [5, 5.41) is 13.1. The van der Waals surface area contributed by atoms with Crippen LogP contribution in [0.1, 0.15) is 30.1 Å². The summed E-state index contributed by atoms with van der Waals surface area (Å²) in [5.74, 6) is -1.03. The van der Waals surface area contributed by atoms with E-state index in [2.05, 4.69) is 14.5 Å². The summed E-state index contributed by atoms with van der Waals surface area (Å²) in [6.45, 7) is -0.293. The molecule has 0 fully saturated rings. The molecule has 0 spiro atoms. The van der Waals surface area contributed by atoms with Gasteiger partial charge in [-0.2, -0.15) is 5.10 Å². The molecule has 1 aliphatic rings. The first kappa shape index (κ1) is 23.0. The third-order valence-electron chi connectivity index (χ3n) is 5.30. The molecule has 0 aliphatic heterocycles. The molecule has 2 aromatic carbocycles. The highest BCUT2D eigenvalue weighted by molar-refractivity contribution is 7.92. The maximum Gasteiger partial charge on any atom is 0.325 e. The molecule has 12 heteroatoms. The first-order valence-corrected chi connectivity index (χ1v) is 13.1. The molecule has 1 unspecified atom stereocenters. The average molecular weight is 491 g/mol. The Morgan fingerprint density at radius 3 is 2.48 bits per heavy atom. The average Bonchev–Trinajstić information content (AvgIpc) is 3.17. The predicted octanol–water partition coefficient (Wildman–Crippen LogP) is 2.12. The maximum atomic E-state index is 13.1. The molecule has 0 saturated carbocycles. The smallest absolute Gasteiger partial charge is 0.325 e. The van der Waals surface area contributed by atoms with E-state index in [-0.39, 0.29) is 22.0 Å². The standard InChI is InChI=1S/C21H22N4O6S2/c26-21(27)14-25-20-11-5-10-19(18(20)13-22-25)24-33(30,31)17-9-4-6-15(12-17)23-32(28,29)16-7-2-1-3-8-16/h1-4,6-9,12-13,19,23-24H,5,10-11,14H2,(H,26,27). The lowest BCUT2D eigenvalue weighted by molar-refractivity contribution is -0.137. The van der Waals surface area contributed by atoms with E-state index in [4.69, 9.17) is 5.11 Å². The number of carbonyl (C=O) groups is 1. The minimum absolute atomic E-state index is 0.0597. The summed E-state index contributed by atoms with van der Waals surface area (Å²) in [6.07, 6.45) is 3.31. The SMILES string of the molecule is O=C(O)Cn1ncc2c1CCCC2NS(=O)(=O)c1cccc(NS(=O)(=O)c2ccccc2)c1. The number of hydrogen-bond acceptors (Lipinski definition) is 6. The first-order valence-electron chi connectivity index (χ1n) is 10.1. The Bertz CT molecular complexity index is 1390. The van der Waals surface area contributed by atoms with E-state index in [0.29, 0.717) is 30.5 Å². The van der Waals surface area contributed by atoms with Gasteiger partial charge >= 0.3 is 5.97 Å². The van der Waals surface area contributed by atoms with Crippen LogP contribution in [-0.2, 0) is 37.8 Å². The van der Waals surface area contributed by atoms with Crippen LogP contribution in [0.2, 0.25) is 0 Å². The van der Waals surface area contributed by atoms with Gasteiger partial charge in [-0.15, -0.1) is 0 Å². The molecule has 0 amide bonds. The minimum Gasteiger partial charge on any atom is -0.480 e. The van der Waals surface area contributed by atoms with Crippen molar-refractivity contribution in [2.45, 2.75) is 41.6 Å². The van der Waals surface area contributed by atoms with Crippen LogP contribution in [0.15, 0.2) is 70.6 Å². The molecule has 0 bridgehead atoms. The Morgan fingerprint density at radius 1 is 1.03 bits per heavy atom. The highest BCUT2D eigenvalue weighted by Crippen LogP contribution is 2.31. The molecule has 0 saturated heterocycles. The molecular weight excluding hydrogens is 468 g/mol. The van der Waals surface area contributed by atoms with E-state index in [1.54, 1.807) is 18.2 Å². The van der Waals surface area contributed by atoms with Crippen LogP contribution in [0.25, 0.3) is 0 Å². The molecule has 3 N–H and O–H groups in total. The largest absolute Gasteiger partial charge is 0.480 e. The van der Waals surface area contributed by atoms with E-state index in [1.807, 2.05) is 0 Å². The summed E-state index contributed by atoms with van der Waals surface area (Å²) in [5.41, 5.74) is 1.45. The summed E-state index contributed by atoms with van der Waals surface area (Å²) in [4.78, 5) is 11.0. The van der Waals surface area contributed by atoms with Gasteiger partial charge in [0.15, 0.2) is 0 Å². The van der Waals surface area contributed by atoms with Gasteiger partial charge in [-0.3, -0.25) is 14.2 Å². The van der Waals surface area contributed by atoms with E-state index < -0.39 is 32.1 Å². The minimum atomic E-state index is -4.00. The Morgan fingerprint density at radius 2 is 1.76 bits per heavy atom. The number of aliphatic carboxylic acids is 1. The molecule has 0 radical (unpaired) electrons. The summed E-state index contributed by atoms with van der Waals surface area (Å²) in [7, 11) is -7.87. The topological polar surface area (TPSA) is 147 Å². The molecule has 4 rings (SSSR count). The molecule has 1 aliphatic carbocycles. The predicted molar refractivity (Wildman–Crippen MR) is 120 cm³/mol. The summed E-state index contributed by atoms with van der Waals surface area (Å²) >= 11 is 0. The van der Waals surface area contributed by atoms with Gasteiger partial charge in [-0.1, -0.05) is 24.3 Å². The second-order valence-corrected chi connectivity index (χ2v) is 11.0. The number of carboxylic acids is 1. The van der Waals surface area contributed by atoms with Gasteiger partial charge in [0.1, 0.15) is 6.54 Å². The maximum absolute atomic E-state index is 13.1. The lowest BCUT2D eigenvalue weighted by Gasteiger charge is -2.24. The van der Waals surface area contributed by atoms with Crippen LogP contribution in [0.4, 0.5) is 5.69 Å². The second-order valence-electron chi connectivity index (χ2n) is 7.61. The highest BCUT2D eigenvalue weighted by Gasteiger charge is 2.29. The molecule has 1 aromatic heterocycles. The van der Waals surface area contributed by atoms with Crippen molar-refractivity contribution in [1.82, 2.24) is 14.5 Å². The second kappa shape index (κ2) is 8.96. The van der Waals surface area contributed by atoms with Gasteiger partial charge in [0.05, 0.1) is 27.7 Å². The van der Waals surface area contributed by atoms with Gasteiger partial charge in [0.25, 0.3) is 10.0 Å². The number of anilines is 1. The Balaban J connectivity index is 1.56. The van der Waals surface area contributed by atoms with Gasteiger partial charge in [-0.25, -0.2) is 21.6 Å². The number of hydrogen-bond donors (Lipinski definition) is 3. The summed E-state index contributed by atoms with van der Waals surface area (Å²) < 4.78 is 57.7. The number of aromatic nitrogens is 2. The number of rotatable bonds is 8. The van der Waals surface area contributed by atoms with Gasteiger partial charge < -0.3 is 5.11 Å². The summed E-state index contributed by atoms with van der Waals surface area (Å²) in [6, 6.07) is 12.7. The molecule has 1 heterocycles. The Hall–Kier alpha value is -3.22. The lowest BCUT2D eigenvalue weighted by atomic mass is 9.94. The Kier molecular flexibility index (Phi) is 6.23. The Labute approximate surface area is 191 Å². The van der Waals surface area contributed by atoms with Crippen molar-refractivity contribution in [2.24, 2.45) is 0 Å². The fourth-order valence-electron chi connectivity index (χ4n) is 3.80. The lowest BCUT2D eigenvalue weighted by Crippen LogP contribution is -2.31. The van der Waals surface area contributed by atoms with E-state index in [9.17, 15) is 21.6 Å². The van der Waals surface area contributed by atoms with Crippen LogP contribution in [0, 0.1) is 0 Å². The van der Waals surface area contributed by atoms with Crippen molar-refractivity contribution in [2.75, 3.05) is 4.72 Å². The third-order valence-corrected chi connectivity index (χ3v) is 8.16. The zero-order chi connectivity index (χ0) is 23.6. The zero-order valence-electron chi connectivity index (χ0n) is 17.4. The number of nitrogens with one attached hydrogen (secondary N) is 2. The number of fused-ring (bicyclic) bond motifs is 1. The first-order chi connectivity index (χ1) is 15.7. The molecule has 1 atom stereocenters.